The Morgan fingerprint density at radius 2 is 1.75 bits per heavy atom. The van der Waals surface area contributed by atoms with Crippen LogP contribution >= 0.6 is 0 Å². The van der Waals surface area contributed by atoms with Crippen molar-refractivity contribution in [3.8, 4) is 11.5 Å². The molecule has 20 heavy (non-hydrogen) atoms. The Bertz CT molecular complexity index is 413. The van der Waals surface area contributed by atoms with Crippen LogP contribution in [0, 0.1) is 5.92 Å². The maximum Gasteiger partial charge on any atom is 0.161 e. The fraction of sp³-hybridized carbons (Fsp3) is 0.647. The van der Waals surface area contributed by atoms with Gasteiger partial charge in [-0.2, -0.15) is 0 Å². The molecule has 2 rings (SSSR count). The molecule has 0 heterocycles. The maximum atomic E-state index is 5.73. The average Bonchev–Trinajstić information content (AvgIpc) is 2.97. The molecule has 0 aromatic heterocycles. The van der Waals surface area contributed by atoms with E-state index >= 15 is 0 Å². The second-order valence-corrected chi connectivity index (χ2v) is 5.38. The fourth-order valence-electron chi connectivity index (χ4n) is 3.23. The molecule has 1 fully saturated rings. The molecule has 0 bridgehead atoms. The molecule has 3 nitrogen and oxygen atoms in total. The number of hydrogen-bond donors (Lipinski definition) is 1. The van der Waals surface area contributed by atoms with E-state index in [1.54, 1.807) is 0 Å². The van der Waals surface area contributed by atoms with E-state index in [4.69, 9.17) is 9.47 Å². The Balaban J connectivity index is 2.23. The lowest BCUT2D eigenvalue weighted by Gasteiger charge is -2.24. The zero-order valence-corrected chi connectivity index (χ0v) is 12.9. The SMILES string of the molecule is CCOc1ccc(C(NC)C2CCCC2)cc1OCC. The number of hydrogen-bond acceptors (Lipinski definition) is 3. The Morgan fingerprint density at radius 1 is 1.10 bits per heavy atom. The lowest BCUT2D eigenvalue weighted by Crippen LogP contribution is -2.23. The molecule has 1 unspecified atom stereocenters. The van der Waals surface area contributed by atoms with E-state index in [2.05, 4.69) is 24.5 Å². The van der Waals surface area contributed by atoms with E-state index in [0.29, 0.717) is 19.3 Å². The summed E-state index contributed by atoms with van der Waals surface area (Å²) < 4.78 is 11.4. The Kier molecular flexibility index (Phi) is 5.72. The summed E-state index contributed by atoms with van der Waals surface area (Å²) in [4.78, 5) is 0. The largest absolute Gasteiger partial charge is 0.490 e. The molecular formula is C17H27NO2. The van der Waals surface area contributed by atoms with Crippen LogP contribution in [0.2, 0.25) is 0 Å². The van der Waals surface area contributed by atoms with E-state index < -0.39 is 0 Å². The minimum atomic E-state index is 0.424. The molecular weight excluding hydrogens is 250 g/mol. The highest BCUT2D eigenvalue weighted by atomic mass is 16.5. The highest BCUT2D eigenvalue weighted by Crippen LogP contribution is 2.38. The summed E-state index contributed by atoms with van der Waals surface area (Å²) in [5.41, 5.74) is 1.31. The molecule has 1 saturated carbocycles. The van der Waals surface area contributed by atoms with Crippen LogP contribution in [0.3, 0.4) is 0 Å². The zero-order valence-electron chi connectivity index (χ0n) is 12.9. The highest BCUT2D eigenvalue weighted by Gasteiger charge is 2.25. The van der Waals surface area contributed by atoms with Gasteiger partial charge in [-0.05, 0) is 57.4 Å². The second kappa shape index (κ2) is 7.53. The van der Waals surface area contributed by atoms with Gasteiger partial charge in [0.2, 0.25) is 0 Å². The van der Waals surface area contributed by atoms with Crippen LogP contribution in [0.25, 0.3) is 0 Å². The van der Waals surface area contributed by atoms with Crippen LogP contribution in [0.4, 0.5) is 0 Å². The number of nitrogens with one attached hydrogen (secondary N) is 1. The van der Waals surface area contributed by atoms with Crippen molar-refractivity contribution in [2.24, 2.45) is 5.92 Å². The van der Waals surface area contributed by atoms with E-state index in [9.17, 15) is 0 Å². The minimum Gasteiger partial charge on any atom is -0.490 e. The van der Waals surface area contributed by atoms with Gasteiger partial charge in [0.15, 0.2) is 11.5 Å². The first-order chi connectivity index (χ1) is 9.80. The quantitative estimate of drug-likeness (QED) is 0.819. The van der Waals surface area contributed by atoms with Crippen LogP contribution in [0.5, 0.6) is 11.5 Å². The molecule has 0 radical (unpaired) electrons. The molecule has 1 aromatic carbocycles. The standard InChI is InChI=1S/C17H27NO2/c1-4-19-15-11-10-14(12-16(15)20-5-2)17(18-3)13-8-6-7-9-13/h10-13,17-18H,4-9H2,1-3H3. The van der Waals surface area contributed by atoms with Crippen molar-refractivity contribution >= 4 is 0 Å². The summed E-state index contributed by atoms with van der Waals surface area (Å²) in [7, 11) is 2.06. The fourth-order valence-corrected chi connectivity index (χ4v) is 3.23. The lowest BCUT2D eigenvalue weighted by atomic mass is 9.91. The van der Waals surface area contributed by atoms with Gasteiger partial charge < -0.3 is 14.8 Å². The van der Waals surface area contributed by atoms with Crippen molar-refractivity contribution in [2.45, 2.75) is 45.6 Å². The number of ether oxygens (including phenoxy) is 2. The van der Waals surface area contributed by atoms with Gasteiger partial charge in [0.1, 0.15) is 0 Å². The zero-order chi connectivity index (χ0) is 14.4. The van der Waals surface area contributed by atoms with E-state index in [0.717, 1.165) is 17.4 Å². The topological polar surface area (TPSA) is 30.5 Å². The smallest absolute Gasteiger partial charge is 0.161 e. The van der Waals surface area contributed by atoms with Crippen LogP contribution in [-0.4, -0.2) is 20.3 Å². The Hall–Kier alpha value is -1.22. The molecule has 0 amide bonds. The minimum absolute atomic E-state index is 0.424. The molecule has 1 atom stereocenters. The first kappa shape index (κ1) is 15.2. The summed E-state index contributed by atoms with van der Waals surface area (Å²) in [5.74, 6) is 2.46. The highest BCUT2D eigenvalue weighted by molar-refractivity contribution is 5.44. The third-order valence-corrected chi connectivity index (χ3v) is 4.11. The first-order valence-electron chi connectivity index (χ1n) is 7.87. The van der Waals surface area contributed by atoms with Crippen molar-refractivity contribution in [2.75, 3.05) is 20.3 Å². The summed E-state index contributed by atoms with van der Waals surface area (Å²) in [6.45, 7) is 5.34. The maximum absolute atomic E-state index is 5.73. The molecule has 0 aliphatic heterocycles. The van der Waals surface area contributed by atoms with Crippen LogP contribution in [-0.2, 0) is 0 Å². The summed E-state index contributed by atoms with van der Waals surface area (Å²) in [6.07, 6.45) is 5.36. The Labute approximate surface area is 122 Å². The molecule has 0 spiro atoms. The van der Waals surface area contributed by atoms with Crippen molar-refractivity contribution in [1.29, 1.82) is 0 Å². The molecule has 1 aromatic rings. The van der Waals surface area contributed by atoms with Crippen molar-refractivity contribution in [3.05, 3.63) is 23.8 Å². The van der Waals surface area contributed by atoms with Gasteiger partial charge in [0, 0.05) is 6.04 Å². The normalized spacial score (nSPS) is 17.1. The first-order valence-corrected chi connectivity index (χ1v) is 7.87. The van der Waals surface area contributed by atoms with Gasteiger partial charge in [-0.25, -0.2) is 0 Å². The van der Waals surface area contributed by atoms with Gasteiger partial charge in [-0.1, -0.05) is 18.9 Å². The monoisotopic (exact) mass is 277 g/mol. The molecule has 1 aliphatic carbocycles. The van der Waals surface area contributed by atoms with Gasteiger partial charge >= 0.3 is 0 Å². The van der Waals surface area contributed by atoms with Crippen molar-refractivity contribution < 1.29 is 9.47 Å². The van der Waals surface area contributed by atoms with Gasteiger partial charge in [-0.3, -0.25) is 0 Å². The van der Waals surface area contributed by atoms with Crippen molar-refractivity contribution in [3.63, 3.8) is 0 Å². The molecule has 0 saturated heterocycles. The molecule has 3 heteroatoms. The van der Waals surface area contributed by atoms with E-state index in [-0.39, 0.29) is 0 Å². The predicted molar refractivity (Wildman–Crippen MR) is 82.5 cm³/mol. The van der Waals surface area contributed by atoms with E-state index in [1.807, 2.05) is 19.9 Å². The summed E-state index contributed by atoms with van der Waals surface area (Å²) in [6, 6.07) is 6.79. The van der Waals surface area contributed by atoms with Gasteiger partial charge in [0.25, 0.3) is 0 Å². The van der Waals surface area contributed by atoms with Crippen LogP contribution < -0.4 is 14.8 Å². The van der Waals surface area contributed by atoms with Crippen LogP contribution in [0.1, 0.15) is 51.1 Å². The van der Waals surface area contributed by atoms with Crippen LogP contribution in [0.15, 0.2) is 18.2 Å². The summed E-state index contributed by atoms with van der Waals surface area (Å²) in [5, 5.41) is 3.48. The third-order valence-electron chi connectivity index (χ3n) is 4.11. The van der Waals surface area contributed by atoms with Crippen molar-refractivity contribution in [1.82, 2.24) is 5.32 Å². The van der Waals surface area contributed by atoms with E-state index in [1.165, 1.54) is 31.2 Å². The third kappa shape index (κ3) is 3.45. The lowest BCUT2D eigenvalue weighted by molar-refractivity contribution is 0.286. The van der Waals surface area contributed by atoms with Gasteiger partial charge in [-0.15, -0.1) is 0 Å². The van der Waals surface area contributed by atoms with Gasteiger partial charge in [0.05, 0.1) is 13.2 Å². The molecule has 1 N–H and O–H groups in total. The molecule has 1 aliphatic rings. The average molecular weight is 277 g/mol. The number of rotatable bonds is 7. The summed E-state index contributed by atoms with van der Waals surface area (Å²) >= 11 is 0. The number of benzene rings is 1. The Morgan fingerprint density at radius 3 is 2.35 bits per heavy atom. The second-order valence-electron chi connectivity index (χ2n) is 5.38. The predicted octanol–water partition coefficient (Wildman–Crippen LogP) is 3.93. The molecule has 112 valence electrons.